The number of rotatable bonds is 4. The molecular formula is C16H15N5O3. The van der Waals surface area contributed by atoms with E-state index in [1.807, 2.05) is 30.3 Å². The first-order valence-corrected chi connectivity index (χ1v) is 7.61. The highest BCUT2D eigenvalue weighted by Gasteiger charge is 2.27. The van der Waals surface area contributed by atoms with Crippen molar-refractivity contribution in [2.24, 2.45) is 0 Å². The lowest BCUT2D eigenvalue weighted by Gasteiger charge is -2.04. The normalized spacial score (nSPS) is 17.2. The second-order valence-electron chi connectivity index (χ2n) is 5.53. The summed E-state index contributed by atoms with van der Waals surface area (Å²) in [5.74, 6) is 0.0734. The van der Waals surface area contributed by atoms with Gasteiger partial charge >= 0.3 is 5.97 Å². The highest BCUT2D eigenvalue weighted by molar-refractivity contribution is 5.91. The quantitative estimate of drug-likeness (QED) is 0.758. The lowest BCUT2D eigenvalue weighted by molar-refractivity contribution is 0.0692. The average molecular weight is 325 g/mol. The molecule has 3 aromatic rings. The third kappa shape index (κ3) is 2.46. The van der Waals surface area contributed by atoms with E-state index in [0.29, 0.717) is 24.9 Å². The van der Waals surface area contributed by atoms with Gasteiger partial charge in [-0.15, -0.1) is 0 Å². The first-order valence-electron chi connectivity index (χ1n) is 7.61. The van der Waals surface area contributed by atoms with E-state index in [9.17, 15) is 9.90 Å². The van der Waals surface area contributed by atoms with Crippen LogP contribution in [-0.2, 0) is 4.74 Å². The molecule has 4 rings (SSSR count). The molecule has 1 aliphatic heterocycles. The Labute approximate surface area is 137 Å². The maximum absolute atomic E-state index is 11.4. The number of H-pyrrole nitrogens is 1. The zero-order chi connectivity index (χ0) is 16.5. The van der Waals surface area contributed by atoms with Gasteiger partial charge in [0.2, 0.25) is 0 Å². The van der Waals surface area contributed by atoms with Gasteiger partial charge < -0.3 is 14.8 Å². The Kier molecular flexibility index (Phi) is 3.58. The smallest absolute Gasteiger partial charge is 0.354 e. The van der Waals surface area contributed by atoms with Crippen LogP contribution in [0.3, 0.4) is 0 Å². The van der Waals surface area contributed by atoms with Gasteiger partial charge in [0.05, 0.1) is 18.6 Å². The van der Waals surface area contributed by atoms with Gasteiger partial charge in [-0.05, 0) is 18.6 Å². The molecule has 0 aliphatic carbocycles. The van der Waals surface area contributed by atoms with Gasteiger partial charge in [0, 0.05) is 12.5 Å². The molecule has 0 saturated carbocycles. The fourth-order valence-corrected chi connectivity index (χ4v) is 2.77. The number of carboxylic acids is 1. The van der Waals surface area contributed by atoms with Crippen LogP contribution in [0.25, 0.3) is 17.2 Å². The number of aromatic amines is 1. The fourth-order valence-electron chi connectivity index (χ4n) is 2.77. The number of nitrogens with zero attached hydrogens (tertiary/aromatic N) is 4. The van der Waals surface area contributed by atoms with E-state index in [1.165, 1.54) is 6.33 Å². The maximum atomic E-state index is 11.4. The van der Waals surface area contributed by atoms with Crippen LogP contribution in [0.5, 0.6) is 0 Å². The number of para-hydroxylation sites is 1. The Hall–Kier alpha value is -3.00. The molecule has 0 spiro atoms. The van der Waals surface area contributed by atoms with Crippen molar-refractivity contribution in [3.8, 4) is 17.2 Å². The lowest BCUT2D eigenvalue weighted by atomic mass is 10.1. The molecule has 1 aliphatic rings. The Morgan fingerprint density at radius 2 is 2.17 bits per heavy atom. The molecule has 122 valence electrons. The summed E-state index contributed by atoms with van der Waals surface area (Å²) >= 11 is 0. The Morgan fingerprint density at radius 1 is 1.33 bits per heavy atom. The number of nitrogens with one attached hydrogen (secondary N) is 1. The maximum Gasteiger partial charge on any atom is 0.354 e. The van der Waals surface area contributed by atoms with Gasteiger partial charge in [0.1, 0.15) is 5.69 Å². The lowest BCUT2D eigenvalue weighted by Crippen LogP contribution is -2.05. The van der Waals surface area contributed by atoms with Crippen molar-refractivity contribution < 1.29 is 14.6 Å². The van der Waals surface area contributed by atoms with Gasteiger partial charge in [-0.2, -0.15) is 5.10 Å². The Morgan fingerprint density at radius 3 is 2.88 bits per heavy atom. The molecule has 8 heteroatoms. The summed E-state index contributed by atoms with van der Waals surface area (Å²) in [6.07, 6.45) is 2.20. The fraction of sp³-hybridized carbons (Fsp3) is 0.250. The van der Waals surface area contributed by atoms with Crippen molar-refractivity contribution >= 4 is 5.97 Å². The predicted molar refractivity (Wildman–Crippen MR) is 84.1 cm³/mol. The van der Waals surface area contributed by atoms with Crippen molar-refractivity contribution in [2.45, 2.75) is 12.3 Å². The molecule has 3 heterocycles. The minimum Gasteiger partial charge on any atom is -0.477 e. The summed E-state index contributed by atoms with van der Waals surface area (Å²) in [5, 5.41) is 13.9. The number of ether oxygens (including phenoxy) is 1. The summed E-state index contributed by atoms with van der Waals surface area (Å²) in [7, 11) is 0. The molecule has 0 unspecified atom stereocenters. The van der Waals surface area contributed by atoms with Crippen LogP contribution in [0.1, 0.15) is 28.7 Å². The highest BCUT2D eigenvalue weighted by atomic mass is 16.5. The summed E-state index contributed by atoms with van der Waals surface area (Å²) < 4.78 is 7.05. The van der Waals surface area contributed by atoms with E-state index in [1.54, 1.807) is 4.68 Å². The van der Waals surface area contributed by atoms with E-state index in [0.717, 1.165) is 12.1 Å². The van der Waals surface area contributed by atoms with Gasteiger partial charge in [0.25, 0.3) is 0 Å². The van der Waals surface area contributed by atoms with E-state index in [-0.39, 0.29) is 17.3 Å². The number of carboxylic acid groups (broad SMARTS) is 1. The zero-order valence-corrected chi connectivity index (χ0v) is 12.7. The second-order valence-corrected chi connectivity index (χ2v) is 5.53. The van der Waals surface area contributed by atoms with E-state index >= 15 is 0 Å². The molecule has 24 heavy (non-hydrogen) atoms. The highest BCUT2D eigenvalue weighted by Crippen LogP contribution is 2.28. The van der Waals surface area contributed by atoms with Crippen molar-refractivity contribution in [1.82, 2.24) is 24.7 Å². The van der Waals surface area contributed by atoms with E-state index in [4.69, 9.17) is 4.74 Å². The number of aromatic carboxylic acids is 1. The number of hydrogen-bond acceptors (Lipinski definition) is 5. The summed E-state index contributed by atoms with van der Waals surface area (Å²) in [6, 6.07) is 9.47. The molecule has 8 nitrogen and oxygen atoms in total. The van der Waals surface area contributed by atoms with Crippen LogP contribution in [0, 0.1) is 0 Å². The van der Waals surface area contributed by atoms with Crippen LogP contribution in [0.2, 0.25) is 0 Å². The predicted octanol–water partition coefficient (Wildman–Crippen LogP) is 1.86. The molecule has 0 amide bonds. The third-order valence-corrected chi connectivity index (χ3v) is 3.98. The minimum atomic E-state index is -1.09. The third-order valence-electron chi connectivity index (χ3n) is 3.98. The number of carbonyl (C=O) groups is 1. The van der Waals surface area contributed by atoms with Crippen LogP contribution >= 0.6 is 0 Å². The van der Waals surface area contributed by atoms with Gasteiger partial charge in [-0.25, -0.2) is 19.4 Å². The van der Waals surface area contributed by atoms with Gasteiger partial charge in [0.15, 0.2) is 17.3 Å². The first-order chi connectivity index (χ1) is 11.7. The van der Waals surface area contributed by atoms with Crippen LogP contribution in [-0.4, -0.2) is 49.0 Å². The van der Waals surface area contributed by atoms with Crippen molar-refractivity contribution in [3.63, 3.8) is 0 Å². The second kappa shape index (κ2) is 5.89. The number of benzene rings is 1. The van der Waals surface area contributed by atoms with Crippen molar-refractivity contribution in [1.29, 1.82) is 0 Å². The molecule has 1 aromatic carbocycles. The van der Waals surface area contributed by atoms with E-state index < -0.39 is 5.97 Å². The summed E-state index contributed by atoms with van der Waals surface area (Å²) in [6.45, 7) is 1.26. The topological polar surface area (TPSA) is 106 Å². The molecule has 2 N–H and O–H groups in total. The summed E-state index contributed by atoms with van der Waals surface area (Å²) in [5.41, 5.74) is 1.06. The molecule has 1 saturated heterocycles. The summed E-state index contributed by atoms with van der Waals surface area (Å²) in [4.78, 5) is 22.8. The largest absolute Gasteiger partial charge is 0.477 e. The van der Waals surface area contributed by atoms with Crippen LogP contribution in [0.4, 0.5) is 0 Å². The average Bonchev–Trinajstić information content (AvgIpc) is 3.33. The number of hydrogen-bond donors (Lipinski definition) is 2. The molecule has 1 fully saturated rings. The van der Waals surface area contributed by atoms with Crippen molar-refractivity contribution in [2.75, 3.05) is 13.2 Å². The molecule has 2 aromatic heterocycles. The minimum absolute atomic E-state index is 0.00574. The van der Waals surface area contributed by atoms with Crippen molar-refractivity contribution in [3.05, 3.63) is 48.2 Å². The standard InChI is InChI=1S/C16H15N5O3/c22-16(23)13-12(17-9-18-13)15-19-14(10-6-7-24-8-10)20-21(15)11-4-2-1-3-5-11/h1-5,9-10H,6-8H2,(H,17,18)(H,22,23)/t10-/m0/s1. The molecule has 0 radical (unpaired) electrons. The zero-order valence-electron chi connectivity index (χ0n) is 12.7. The molecule has 1 atom stereocenters. The van der Waals surface area contributed by atoms with E-state index in [2.05, 4.69) is 20.1 Å². The Bertz CT molecular complexity index is 865. The Balaban J connectivity index is 1.87. The number of imidazole rings is 1. The molecule has 0 bridgehead atoms. The SMILES string of the molecule is O=C(O)c1[nH]cnc1-c1nc([C@H]2CCOC2)nn1-c1ccccc1. The molecular weight excluding hydrogens is 310 g/mol. The first kappa shape index (κ1) is 14.6. The number of aromatic nitrogens is 5. The van der Waals surface area contributed by atoms with Crippen LogP contribution in [0.15, 0.2) is 36.7 Å². The van der Waals surface area contributed by atoms with Crippen LogP contribution < -0.4 is 0 Å². The monoisotopic (exact) mass is 325 g/mol. The van der Waals surface area contributed by atoms with Gasteiger partial charge in [-0.1, -0.05) is 18.2 Å². The van der Waals surface area contributed by atoms with Gasteiger partial charge in [-0.3, -0.25) is 0 Å².